The van der Waals surface area contributed by atoms with E-state index in [1.54, 1.807) is 0 Å². The number of carbonyl (C=O) groups excluding carboxylic acids is 1. The second-order valence-electron chi connectivity index (χ2n) is 3.38. The van der Waals surface area contributed by atoms with Crippen molar-refractivity contribution in [3.05, 3.63) is 0 Å². The third-order valence-electron chi connectivity index (χ3n) is 2.30. The van der Waals surface area contributed by atoms with Crippen LogP contribution in [0.5, 0.6) is 0 Å². The van der Waals surface area contributed by atoms with E-state index < -0.39 is 0 Å². The lowest BCUT2D eigenvalue weighted by molar-refractivity contribution is -0.131. The fraction of sp³-hybridized carbons (Fsp3) is 0.900. The van der Waals surface area contributed by atoms with Gasteiger partial charge in [0.2, 0.25) is 5.91 Å². The summed E-state index contributed by atoms with van der Waals surface area (Å²) in [6.45, 7) is 4.68. The van der Waals surface area contributed by atoms with Gasteiger partial charge in [0.1, 0.15) is 0 Å². The van der Waals surface area contributed by atoms with Crippen molar-refractivity contribution in [1.29, 1.82) is 0 Å². The van der Waals surface area contributed by atoms with Crippen LogP contribution in [0, 0.1) is 0 Å². The van der Waals surface area contributed by atoms with E-state index in [1.807, 2.05) is 23.7 Å². The molecule has 1 amide bonds. The first-order valence-electron chi connectivity index (χ1n) is 5.17. The van der Waals surface area contributed by atoms with Gasteiger partial charge < -0.3 is 10.6 Å². The molecular weight excluding hydrogens is 232 g/mol. The molecule has 5 heteroatoms. The standard InChI is InChI=1S/C10H22N2OS.ClH/c1-4-14-8-6-9(2)12(3)10(13)5-7-11;/h9H,4-8,11H2,1-3H3;1H. The summed E-state index contributed by atoms with van der Waals surface area (Å²) in [4.78, 5) is 13.3. The molecule has 0 spiro atoms. The van der Waals surface area contributed by atoms with Gasteiger partial charge in [-0.1, -0.05) is 6.92 Å². The van der Waals surface area contributed by atoms with Crippen LogP contribution in [0.4, 0.5) is 0 Å². The van der Waals surface area contributed by atoms with Gasteiger partial charge in [-0.05, 0) is 24.9 Å². The Hall–Kier alpha value is 0.0700. The van der Waals surface area contributed by atoms with E-state index in [-0.39, 0.29) is 18.3 Å². The summed E-state index contributed by atoms with van der Waals surface area (Å²) in [6.07, 6.45) is 1.52. The van der Waals surface area contributed by atoms with Crippen LogP contribution in [0.25, 0.3) is 0 Å². The minimum absolute atomic E-state index is 0. The quantitative estimate of drug-likeness (QED) is 0.704. The lowest BCUT2D eigenvalue weighted by atomic mass is 10.2. The molecule has 0 saturated carbocycles. The highest BCUT2D eigenvalue weighted by Gasteiger charge is 2.13. The topological polar surface area (TPSA) is 46.3 Å². The van der Waals surface area contributed by atoms with E-state index in [9.17, 15) is 4.79 Å². The second kappa shape index (κ2) is 10.6. The number of nitrogens with zero attached hydrogens (tertiary/aromatic N) is 1. The largest absolute Gasteiger partial charge is 0.343 e. The van der Waals surface area contributed by atoms with E-state index >= 15 is 0 Å². The Morgan fingerprint density at radius 3 is 2.60 bits per heavy atom. The first-order chi connectivity index (χ1) is 6.63. The van der Waals surface area contributed by atoms with Crippen LogP contribution in [0.3, 0.4) is 0 Å². The Morgan fingerprint density at radius 2 is 2.13 bits per heavy atom. The monoisotopic (exact) mass is 254 g/mol. The highest BCUT2D eigenvalue weighted by atomic mass is 35.5. The molecule has 0 aliphatic rings. The van der Waals surface area contributed by atoms with Gasteiger partial charge in [0.25, 0.3) is 0 Å². The van der Waals surface area contributed by atoms with Crippen molar-refractivity contribution >= 4 is 30.1 Å². The maximum atomic E-state index is 11.5. The van der Waals surface area contributed by atoms with Crippen molar-refractivity contribution in [3.8, 4) is 0 Å². The number of nitrogens with two attached hydrogens (primary N) is 1. The number of carbonyl (C=O) groups is 1. The molecule has 3 nitrogen and oxygen atoms in total. The van der Waals surface area contributed by atoms with Crippen LogP contribution in [-0.4, -0.2) is 41.9 Å². The van der Waals surface area contributed by atoms with Gasteiger partial charge >= 0.3 is 0 Å². The summed E-state index contributed by atoms with van der Waals surface area (Å²) in [7, 11) is 1.86. The van der Waals surface area contributed by atoms with Crippen LogP contribution >= 0.6 is 24.2 Å². The lowest BCUT2D eigenvalue weighted by Crippen LogP contribution is -2.36. The van der Waals surface area contributed by atoms with Gasteiger partial charge in [0.15, 0.2) is 0 Å². The summed E-state index contributed by atoms with van der Waals surface area (Å²) < 4.78 is 0. The molecule has 1 atom stereocenters. The normalized spacial score (nSPS) is 11.7. The minimum atomic E-state index is 0. The van der Waals surface area contributed by atoms with Gasteiger partial charge in [-0.15, -0.1) is 12.4 Å². The van der Waals surface area contributed by atoms with Crippen LogP contribution in [-0.2, 0) is 4.79 Å². The average Bonchev–Trinajstić information content (AvgIpc) is 2.17. The van der Waals surface area contributed by atoms with Gasteiger partial charge in [-0.2, -0.15) is 11.8 Å². The maximum absolute atomic E-state index is 11.5. The van der Waals surface area contributed by atoms with Crippen molar-refractivity contribution in [3.63, 3.8) is 0 Å². The predicted octanol–water partition coefficient (Wildman–Crippen LogP) is 1.75. The molecule has 0 aromatic rings. The molecule has 0 fully saturated rings. The highest BCUT2D eigenvalue weighted by Crippen LogP contribution is 2.08. The van der Waals surface area contributed by atoms with Crippen molar-refractivity contribution in [2.75, 3.05) is 25.1 Å². The Morgan fingerprint density at radius 1 is 1.53 bits per heavy atom. The molecule has 0 saturated heterocycles. The molecule has 0 aliphatic heterocycles. The third-order valence-corrected chi connectivity index (χ3v) is 3.23. The molecule has 92 valence electrons. The molecule has 0 aromatic carbocycles. The number of amides is 1. The van der Waals surface area contributed by atoms with Gasteiger partial charge in [-0.3, -0.25) is 4.79 Å². The van der Waals surface area contributed by atoms with Crippen molar-refractivity contribution in [1.82, 2.24) is 4.90 Å². The Kier molecular flexibility index (Phi) is 12.3. The molecule has 0 heterocycles. The van der Waals surface area contributed by atoms with Crippen molar-refractivity contribution < 1.29 is 4.79 Å². The summed E-state index contributed by atoms with van der Waals surface area (Å²) in [5, 5.41) is 0. The van der Waals surface area contributed by atoms with Crippen molar-refractivity contribution in [2.45, 2.75) is 32.7 Å². The molecule has 2 N–H and O–H groups in total. The molecule has 0 aromatic heterocycles. The fourth-order valence-electron chi connectivity index (χ4n) is 1.14. The van der Waals surface area contributed by atoms with Gasteiger partial charge in [0, 0.05) is 26.1 Å². The smallest absolute Gasteiger partial charge is 0.223 e. The van der Waals surface area contributed by atoms with Crippen LogP contribution in [0.1, 0.15) is 26.7 Å². The number of hydrogen-bond donors (Lipinski definition) is 1. The zero-order chi connectivity index (χ0) is 11.0. The highest BCUT2D eigenvalue weighted by molar-refractivity contribution is 7.99. The summed E-state index contributed by atoms with van der Waals surface area (Å²) in [5.74, 6) is 2.42. The van der Waals surface area contributed by atoms with Crippen molar-refractivity contribution in [2.24, 2.45) is 5.73 Å². The maximum Gasteiger partial charge on any atom is 0.223 e. The first kappa shape index (κ1) is 17.5. The SMILES string of the molecule is CCSCCC(C)N(C)C(=O)CCN.Cl. The van der Waals surface area contributed by atoms with Crippen LogP contribution < -0.4 is 5.73 Å². The fourth-order valence-corrected chi connectivity index (χ4v) is 1.93. The lowest BCUT2D eigenvalue weighted by Gasteiger charge is -2.24. The molecule has 15 heavy (non-hydrogen) atoms. The molecule has 0 radical (unpaired) electrons. The van der Waals surface area contributed by atoms with E-state index in [1.165, 1.54) is 0 Å². The molecule has 0 rings (SSSR count). The number of thioether (sulfide) groups is 1. The molecule has 1 unspecified atom stereocenters. The third kappa shape index (κ3) is 7.94. The summed E-state index contributed by atoms with van der Waals surface area (Å²) in [5.41, 5.74) is 5.34. The van der Waals surface area contributed by atoms with Crippen LogP contribution in [0.2, 0.25) is 0 Å². The zero-order valence-corrected chi connectivity index (χ0v) is 11.5. The minimum Gasteiger partial charge on any atom is -0.343 e. The first-order valence-corrected chi connectivity index (χ1v) is 6.32. The van der Waals surface area contributed by atoms with E-state index in [4.69, 9.17) is 5.73 Å². The zero-order valence-electron chi connectivity index (χ0n) is 9.86. The number of rotatable bonds is 7. The van der Waals surface area contributed by atoms with E-state index in [0.717, 1.165) is 17.9 Å². The van der Waals surface area contributed by atoms with Gasteiger partial charge in [0.05, 0.1) is 0 Å². The summed E-state index contributed by atoms with van der Waals surface area (Å²) in [6, 6.07) is 0.327. The molecule has 0 aliphatic carbocycles. The molecule has 0 bridgehead atoms. The van der Waals surface area contributed by atoms with Gasteiger partial charge in [-0.25, -0.2) is 0 Å². The Labute approximate surface area is 104 Å². The Balaban J connectivity index is 0. The Bertz CT molecular complexity index is 170. The molecular formula is C10H23ClN2OS. The van der Waals surface area contributed by atoms with Crippen LogP contribution in [0.15, 0.2) is 0 Å². The predicted molar refractivity (Wildman–Crippen MR) is 70.8 cm³/mol. The number of halogens is 1. The summed E-state index contributed by atoms with van der Waals surface area (Å²) >= 11 is 1.92. The second-order valence-corrected chi connectivity index (χ2v) is 4.77. The van der Waals surface area contributed by atoms with E-state index in [2.05, 4.69) is 13.8 Å². The van der Waals surface area contributed by atoms with E-state index in [0.29, 0.717) is 19.0 Å². The number of hydrogen-bond acceptors (Lipinski definition) is 3. The average molecular weight is 255 g/mol.